The van der Waals surface area contributed by atoms with Gasteiger partial charge in [-0.15, -0.1) is 0 Å². The van der Waals surface area contributed by atoms with Crippen molar-refractivity contribution in [3.8, 4) is 0 Å². The highest BCUT2D eigenvalue weighted by Crippen LogP contribution is 2.35. The van der Waals surface area contributed by atoms with Crippen molar-refractivity contribution >= 4 is 40.4 Å². The highest BCUT2D eigenvalue weighted by Gasteiger charge is 2.38. The second-order valence-corrected chi connectivity index (χ2v) is 6.62. The van der Waals surface area contributed by atoms with Gasteiger partial charge in [0.2, 0.25) is 0 Å². The van der Waals surface area contributed by atoms with Gasteiger partial charge in [-0.2, -0.15) is 18.3 Å². The lowest BCUT2D eigenvalue weighted by Gasteiger charge is -2.11. The summed E-state index contributed by atoms with van der Waals surface area (Å²) in [7, 11) is 0. The van der Waals surface area contributed by atoms with Gasteiger partial charge in [-0.3, -0.25) is 9.48 Å². The van der Waals surface area contributed by atoms with Gasteiger partial charge in [0.05, 0.1) is 10.7 Å². The van der Waals surface area contributed by atoms with Crippen molar-refractivity contribution < 1.29 is 18.0 Å². The lowest BCUT2D eigenvalue weighted by molar-refractivity contribution is -0.141. The normalized spacial score (nSPS) is 11.3. The van der Waals surface area contributed by atoms with Crippen molar-refractivity contribution in [3.63, 3.8) is 0 Å². The van der Waals surface area contributed by atoms with Crippen LogP contribution < -0.4 is 10.6 Å². The molecule has 0 saturated carbocycles. The molecule has 0 atom stereocenters. The van der Waals surface area contributed by atoms with Gasteiger partial charge in [0.25, 0.3) is 0 Å². The van der Waals surface area contributed by atoms with E-state index in [2.05, 4.69) is 15.7 Å². The van der Waals surface area contributed by atoms with E-state index >= 15 is 0 Å². The number of ketones is 1. The van der Waals surface area contributed by atoms with Gasteiger partial charge in [0.1, 0.15) is 0 Å². The fraction of sp³-hybridized carbons (Fsp3) is 0.353. The van der Waals surface area contributed by atoms with Crippen LogP contribution in [0.25, 0.3) is 0 Å². The molecule has 0 fully saturated rings. The summed E-state index contributed by atoms with van der Waals surface area (Å²) in [6.07, 6.45) is -4.07. The molecule has 0 saturated heterocycles. The molecule has 1 aromatic heterocycles. The van der Waals surface area contributed by atoms with E-state index in [4.69, 9.17) is 23.8 Å². The minimum Gasteiger partial charge on any atom is -0.362 e. The van der Waals surface area contributed by atoms with E-state index in [0.29, 0.717) is 23.6 Å². The van der Waals surface area contributed by atoms with Gasteiger partial charge < -0.3 is 10.6 Å². The maximum absolute atomic E-state index is 12.8. The Balaban J connectivity index is 1.81. The van der Waals surface area contributed by atoms with Crippen LogP contribution >= 0.6 is 23.8 Å². The molecule has 0 aliphatic heterocycles. The molecule has 146 valence electrons. The molecule has 2 aromatic rings. The molecule has 2 rings (SSSR count). The fourth-order valence-electron chi connectivity index (χ4n) is 2.32. The standard InChI is InChI=1S/C17H18ClF3N4OS/c1-10-14(18)15(17(19,20)21)24-25(10)9-3-8-22-16(27)23-13-6-4-12(5-7-13)11(2)26/h4-7H,3,8-9H2,1-2H3,(H2,22,23,27). The maximum atomic E-state index is 12.8. The molecule has 2 N–H and O–H groups in total. The Hall–Kier alpha value is -2.13. The second-order valence-electron chi connectivity index (χ2n) is 5.84. The molecule has 0 aliphatic carbocycles. The first kappa shape index (κ1) is 21.2. The van der Waals surface area contributed by atoms with Crippen LogP contribution in [-0.4, -0.2) is 27.2 Å². The predicted molar refractivity (Wildman–Crippen MR) is 102 cm³/mol. The first-order valence-corrected chi connectivity index (χ1v) is 8.84. The van der Waals surface area contributed by atoms with E-state index in [1.54, 1.807) is 24.3 Å². The van der Waals surface area contributed by atoms with Crippen molar-refractivity contribution in [2.75, 3.05) is 11.9 Å². The molecule has 27 heavy (non-hydrogen) atoms. The molecule has 0 spiro atoms. The highest BCUT2D eigenvalue weighted by molar-refractivity contribution is 7.80. The van der Waals surface area contributed by atoms with Crippen molar-refractivity contribution in [1.29, 1.82) is 0 Å². The van der Waals surface area contributed by atoms with Crippen LogP contribution in [-0.2, 0) is 12.7 Å². The smallest absolute Gasteiger partial charge is 0.362 e. The highest BCUT2D eigenvalue weighted by atomic mass is 35.5. The Morgan fingerprint density at radius 1 is 1.30 bits per heavy atom. The number of benzene rings is 1. The third kappa shape index (κ3) is 5.67. The number of rotatable bonds is 6. The number of halogens is 4. The van der Waals surface area contributed by atoms with Crippen LogP contribution in [0.5, 0.6) is 0 Å². The molecule has 1 aromatic carbocycles. The zero-order chi connectivity index (χ0) is 20.2. The number of hydrogen-bond donors (Lipinski definition) is 2. The lowest BCUT2D eigenvalue weighted by Crippen LogP contribution is -2.29. The number of nitrogens with one attached hydrogen (secondary N) is 2. The Kier molecular flexibility index (Phi) is 6.83. The summed E-state index contributed by atoms with van der Waals surface area (Å²) in [6, 6.07) is 6.85. The average Bonchev–Trinajstić information content (AvgIpc) is 2.87. The van der Waals surface area contributed by atoms with Crippen LogP contribution in [0.1, 0.15) is 35.1 Å². The van der Waals surface area contributed by atoms with Crippen LogP contribution in [0.2, 0.25) is 5.02 Å². The molecule has 0 aliphatic rings. The molecular weight excluding hydrogens is 401 g/mol. The number of anilines is 1. The van der Waals surface area contributed by atoms with E-state index in [1.165, 1.54) is 18.5 Å². The number of nitrogens with zero attached hydrogens (tertiary/aromatic N) is 2. The van der Waals surface area contributed by atoms with Gasteiger partial charge in [0.15, 0.2) is 16.6 Å². The van der Waals surface area contributed by atoms with Gasteiger partial charge in [-0.25, -0.2) is 0 Å². The number of alkyl halides is 3. The minimum atomic E-state index is -4.57. The molecule has 0 unspecified atom stereocenters. The van der Waals surface area contributed by atoms with Gasteiger partial charge in [-0.1, -0.05) is 11.6 Å². The Morgan fingerprint density at radius 2 is 1.93 bits per heavy atom. The number of aryl methyl sites for hydroxylation is 1. The van der Waals surface area contributed by atoms with Crippen molar-refractivity contribution in [2.45, 2.75) is 33.0 Å². The number of Topliss-reactive ketones (excluding diaryl/α,β-unsaturated/α-hetero) is 1. The molecule has 1 heterocycles. The van der Waals surface area contributed by atoms with Gasteiger partial charge >= 0.3 is 6.18 Å². The largest absolute Gasteiger partial charge is 0.436 e. The zero-order valence-corrected chi connectivity index (χ0v) is 16.2. The first-order valence-electron chi connectivity index (χ1n) is 8.05. The number of carbonyl (C=O) groups is 1. The van der Waals surface area contributed by atoms with E-state index in [-0.39, 0.29) is 23.0 Å². The summed E-state index contributed by atoms with van der Waals surface area (Å²) in [5.41, 5.74) is 0.531. The van der Waals surface area contributed by atoms with Crippen LogP contribution in [0.4, 0.5) is 18.9 Å². The van der Waals surface area contributed by atoms with Crippen molar-refractivity contribution in [1.82, 2.24) is 15.1 Å². The molecule has 0 radical (unpaired) electrons. The van der Waals surface area contributed by atoms with Crippen LogP contribution in [0, 0.1) is 6.92 Å². The molecule has 0 bridgehead atoms. The Bertz CT molecular complexity index is 834. The molecule has 5 nitrogen and oxygen atoms in total. The van der Waals surface area contributed by atoms with Crippen LogP contribution in [0.15, 0.2) is 24.3 Å². The van der Waals surface area contributed by atoms with Crippen molar-refractivity contribution in [3.05, 3.63) is 46.2 Å². The van der Waals surface area contributed by atoms with Gasteiger partial charge in [-0.05, 0) is 56.8 Å². The zero-order valence-electron chi connectivity index (χ0n) is 14.7. The van der Waals surface area contributed by atoms with E-state index in [9.17, 15) is 18.0 Å². The monoisotopic (exact) mass is 418 g/mol. The third-order valence-corrected chi connectivity index (χ3v) is 4.48. The minimum absolute atomic E-state index is 0.0232. The lowest BCUT2D eigenvalue weighted by atomic mass is 10.1. The topological polar surface area (TPSA) is 59.0 Å². The third-order valence-electron chi connectivity index (χ3n) is 3.78. The van der Waals surface area contributed by atoms with Gasteiger partial charge in [0, 0.05) is 24.3 Å². The summed E-state index contributed by atoms with van der Waals surface area (Å²) < 4.78 is 39.6. The fourth-order valence-corrected chi connectivity index (χ4v) is 2.78. The molecule has 10 heteroatoms. The first-order chi connectivity index (χ1) is 12.6. The van der Waals surface area contributed by atoms with E-state index in [1.807, 2.05) is 0 Å². The molecule has 0 amide bonds. The van der Waals surface area contributed by atoms with Crippen LogP contribution in [0.3, 0.4) is 0 Å². The number of aromatic nitrogens is 2. The average molecular weight is 419 g/mol. The van der Waals surface area contributed by atoms with E-state index < -0.39 is 11.9 Å². The summed E-state index contributed by atoms with van der Waals surface area (Å²) in [5.74, 6) is -0.0232. The SMILES string of the molecule is CC(=O)c1ccc(NC(=S)NCCCn2nc(C(F)(F)F)c(Cl)c2C)cc1. The summed E-state index contributed by atoms with van der Waals surface area (Å²) in [6.45, 7) is 3.69. The quantitative estimate of drug-likeness (QED) is 0.412. The summed E-state index contributed by atoms with van der Waals surface area (Å²) >= 11 is 10.9. The summed E-state index contributed by atoms with van der Waals surface area (Å²) in [4.78, 5) is 11.2. The maximum Gasteiger partial charge on any atom is 0.436 e. The van der Waals surface area contributed by atoms with E-state index in [0.717, 1.165) is 5.69 Å². The molecular formula is C17H18ClF3N4OS. The number of hydrogen-bond acceptors (Lipinski definition) is 3. The Labute approximate surface area is 164 Å². The summed E-state index contributed by atoms with van der Waals surface area (Å²) in [5, 5.41) is 9.48. The Morgan fingerprint density at radius 3 is 2.44 bits per heavy atom. The number of carbonyl (C=O) groups excluding carboxylic acids is 1. The van der Waals surface area contributed by atoms with Crippen molar-refractivity contribution in [2.24, 2.45) is 0 Å². The number of thiocarbonyl (C=S) groups is 1. The second kappa shape index (κ2) is 8.71. The predicted octanol–water partition coefficient (Wildman–Crippen LogP) is 4.44.